The van der Waals surface area contributed by atoms with E-state index in [1.807, 2.05) is 13.8 Å². The van der Waals surface area contributed by atoms with Crippen LogP contribution < -0.4 is 0 Å². The second-order valence-corrected chi connectivity index (χ2v) is 3.64. The Bertz CT molecular complexity index is 204. The SMILES string of the molecule is C=CC(=O)OC(C=C)C(C)(C)CC. The molecule has 0 N–H and O–H groups in total. The Morgan fingerprint density at radius 2 is 2.08 bits per heavy atom. The van der Waals surface area contributed by atoms with Gasteiger partial charge in [-0.25, -0.2) is 4.79 Å². The first-order valence-electron chi connectivity index (χ1n) is 4.43. The quantitative estimate of drug-likeness (QED) is 0.371. The fourth-order valence-electron chi connectivity index (χ4n) is 0.901. The molecule has 1 atom stereocenters. The highest BCUT2D eigenvalue weighted by Crippen LogP contribution is 2.27. The van der Waals surface area contributed by atoms with E-state index in [0.717, 1.165) is 6.42 Å². The average molecular weight is 182 g/mol. The molecule has 0 aromatic rings. The van der Waals surface area contributed by atoms with E-state index in [-0.39, 0.29) is 11.5 Å². The summed E-state index contributed by atoms with van der Waals surface area (Å²) in [6, 6.07) is 0. The van der Waals surface area contributed by atoms with Crippen molar-refractivity contribution in [2.75, 3.05) is 0 Å². The van der Waals surface area contributed by atoms with Crippen molar-refractivity contribution in [2.24, 2.45) is 5.41 Å². The van der Waals surface area contributed by atoms with Crippen LogP contribution in [0.4, 0.5) is 0 Å². The van der Waals surface area contributed by atoms with E-state index in [2.05, 4.69) is 20.1 Å². The number of hydrogen-bond acceptors (Lipinski definition) is 2. The zero-order valence-corrected chi connectivity index (χ0v) is 8.67. The third-order valence-electron chi connectivity index (χ3n) is 2.31. The maximum absolute atomic E-state index is 11.0. The molecular weight excluding hydrogens is 164 g/mol. The fourth-order valence-corrected chi connectivity index (χ4v) is 0.901. The molecule has 0 heterocycles. The summed E-state index contributed by atoms with van der Waals surface area (Å²) in [4.78, 5) is 11.0. The highest BCUT2D eigenvalue weighted by molar-refractivity contribution is 5.81. The minimum Gasteiger partial charge on any atom is -0.454 e. The standard InChI is InChI=1S/C11H18O2/c1-6-9(11(4,5)8-3)13-10(12)7-2/h6-7,9H,1-2,8H2,3-5H3. The maximum Gasteiger partial charge on any atom is 0.330 e. The van der Waals surface area contributed by atoms with Crippen LogP contribution in [0.5, 0.6) is 0 Å². The van der Waals surface area contributed by atoms with Gasteiger partial charge in [-0.3, -0.25) is 0 Å². The normalized spacial score (nSPS) is 13.2. The zero-order chi connectivity index (χ0) is 10.5. The van der Waals surface area contributed by atoms with Crippen LogP contribution in [0.3, 0.4) is 0 Å². The van der Waals surface area contributed by atoms with E-state index in [0.29, 0.717) is 0 Å². The van der Waals surface area contributed by atoms with E-state index in [9.17, 15) is 4.79 Å². The number of esters is 1. The summed E-state index contributed by atoms with van der Waals surface area (Å²) in [6.45, 7) is 13.1. The molecule has 0 amide bonds. The molecule has 0 aromatic heterocycles. The van der Waals surface area contributed by atoms with Gasteiger partial charge in [-0.15, -0.1) is 0 Å². The van der Waals surface area contributed by atoms with Gasteiger partial charge in [0, 0.05) is 11.5 Å². The monoisotopic (exact) mass is 182 g/mol. The van der Waals surface area contributed by atoms with Crippen LogP contribution in [0.25, 0.3) is 0 Å². The molecule has 13 heavy (non-hydrogen) atoms. The molecule has 0 aromatic carbocycles. The largest absolute Gasteiger partial charge is 0.454 e. The van der Waals surface area contributed by atoms with Crippen LogP contribution in [0, 0.1) is 5.41 Å². The first kappa shape index (κ1) is 11.9. The van der Waals surface area contributed by atoms with Gasteiger partial charge in [0.2, 0.25) is 0 Å². The zero-order valence-electron chi connectivity index (χ0n) is 8.67. The molecule has 1 unspecified atom stereocenters. The molecule has 0 bridgehead atoms. The van der Waals surface area contributed by atoms with Crippen molar-refractivity contribution in [3.8, 4) is 0 Å². The van der Waals surface area contributed by atoms with Crippen LogP contribution in [0.1, 0.15) is 27.2 Å². The van der Waals surface area contributed by atoms with Gasteiger partial charge in [-0.1, -0.05) is 40.0 Å². The lowest BCUT2D eigenvalue weighted by atomic mass is 9.84. The number of carbonyl (C=O) groups is 1. The lowest BCUT2D eigenvalue weighted by molar-refractivity contribution is -0.145. The summed E-state index contributed by atoms with van der Waals surface area (Å²) in [7, 11) is 0. The summed E-state index contributed by atoms with van der Waals surface area (Å²) in [5, 5.41) is 0. The average Bonchev–Trinajstić information content (AvgIpc) is 2.13. The number of carbonyl (C=O) groups excluding carboxylic acids is 1. The van der Waals surface area contributed by atoms with Crippen LogP contribution in [-0.4, -0.2) is 12.1 Å². The number of rotatable bonds is 5. The second kappa shape index (κ2) is 4.85. The van der Waals surface area contributed by atoms with Gasteiger partial charge in [0.05, 0.1) is 0 Å². The minimum atomic E-state index is -0.397. The molecule has 0 saturated heterocycles. The molecule has 0 radical (unpaired) electrons. The molecular formula is C11H18O2. The Labute approximate surface area is 80.3 Å². The molecule has 0 aliphatic carbocycles. The Hall–Kier alpha value is -1.05. The van der Waals surface area contributed by atoms with Crippen LogP contribution in [0.15, 0.2) is 25.3 Å². The molecule has 2 nitrogen and oxygen atoms in total. The van der Waals surface area contributed by atoms with E-state index >= 15 is 0 Å². The molecule has 0 spiro atoms. The molecule has 0 rings (SSSR count). The van der Waals surface area contributed by atoms with Crippen LogP contribution in [0.2, 0.25) is 0 Å². The fraction of sp³-hybridized carbons (Fsp3) is 0.545. The van der Waals surface area contributed by atoms with Gasteiger partial charge in [-0.05, 0) is 6.42 Å². The Morgan fingerprint density at radius 3 is 2.38 bits per heavy atom. The van der Waals surface area contributed by atoms with Crippen molar-refractivity contribution in [1.82, 2.24) is 0 Å². The van der Waals surface area contributed by atoms with E-state index < -0.39 is 5.97 Å². The van der Waals surface area contributed by atoms with Crippen LogP contribution in [-0.2, 0) is 9.53 Å². The Balaban J connectivity index is 4.42. The summed E-state index contributed by atoms with van der Waals surface area (Å²) in [5.74, 6) is -0.397. The highest BCUT2D eigenvalue weighted by atomic mass is 16.5. The first-order chi connectivity index (χ1) is 5.97. The lowest BCUT2D eigenvalue weighted by Gasteiger charge is -2.30. The van der Waals surface area contributed by atoms with Crippen molar-refractivity contribution < 1.29 is 9.53 Å². The van der Waals surface area contributed by atoms with Gasteiger partial charge in [-0.2, -0.15) is 0 Å². The Morgan fingerprint density at radius 1 is 1.54 bits per heavy atom. The van der Waals surface area contributed by atoms with Crippen molar-refractivity contribution in [3.05, 3.63) is 25.3 Å². The summed E-state index contributed by atoms with van der Waals surface area (Å²) in [5.41, 5.74) is -0.0690. The highest BCUT2D eigenvalue weighted by Gasteiger charge is 2.27. The maximum atomic E-state index is 11.0. The van der Waals surface area contributed by atoms with Gasteiger partial charge in [0.15, 0.2) is 0 Å². The summed E-state index contributed by atoms with van der Waals surface area (Å²) < 4.78 is 5.13. The van der Waals surface area contributed by atoms with Gasteiger partial charge >= 0.3 is 5.97 Å². The predicted molar refractivity (Wildman–Crippen MR) is 54.3 cm³/mol. The number of hydrogen-bond donors (Lipinski definition) is 0. The minimum absolute atomic E-state index is 0.0690. The molecule has 0 fully saturated rings. The third-order valence-corrected chi connectivity index (χ3v) is 2.31. The van der Waals surface area contributed by atoms with Gasteiger partial charge < -0.3 is 4.74 Å². The lowest BCUT2D eigenvalue weighted by Crippen LogP contribution is -2.31. The molecule has 2 heteroatoms. The number of ether oxygens (including phenoxy) is 1. The van der Waals surface area contributed by atoms with Gasteiger partial charge in [0.25, 0.3) is 0 Å². The van der Waals surface area contributed by atoms with Crippen molar-refractivity contribution in [1.29, 1.82) is 0 Å². The third kappa shape index (κ3) is 3.45. The molecule has 0 aliphatic rings. The molecule has 0 saturated carbocycles. The van der Waals surface area contributed by atoms with Crippen molar-refractivity contribution in [2.45, 2.75) is 33.3 Å². The molecule has 0 aliphatic heterocycles. The predicted octanol–water partition coefficient (Wildman–Crippen LogP) is 2.71. The second-order valence-electron chi connectivity index (χ2n) is 3.64. The van der Waals surface area contributed by atoms with E-state index in [4.69, 9.17) is 4.74 Å². The Kier molecular flexibility index (Phi) is 4.46. The smallest absolute Gasteiger partial charge is 0.330 e. The summed E-state index contributed by atoms with van der Waals surface area (Å²) in [6.07, 6.45) is 3.50. The molecule has 74 valence electrons. The van der Waals surface area contributed by atoms with E-state index in [1.165, 1.54) is 6.08 Å². The van der Waals surface area contributed by atoms with Crippen molar-refractivity contribution >= 4 is 5.97 Å². The van der Waals surface area contributed by atoms with Crippen molar-refractivity contribution in [3.63, 3.8) is 0 Å². The van der Waals surface area contributed by atoms with E-state index in [1.54, 1.807) is 6.08 Å². The van der Waals surface area contributed by atoms with Gasteiger partial charge in [0.1, 0.15) is 6.10 Å². The topological polar surface area (TPSA) is 26.3 Å². The summed E-state index contributed by atoms with van der Waals surface area (Å²) >= 11 is 0. The first-order valence-corrected chi connectivity index (χ1v) is 4.43. The van der Waals surface area contributed by atoms with Crippen LogP contribution >= 0.6 is 0 Å².